The number of nitrogens with one attached hydrogen (secondary N) is 1. The zero-order chi connectivity index (χ0) is 13.0. The number of aromatic nitrogens is 3. The summed E-state index contributed by atoms with van der Waals surface area (Å²) in [6.07, 6.45) is 5.27. The molecule has 0 aromatic carbocycles. The first-order chi connectivity index (χ1) is 8.72. The minimum atomic E-state index is -0.191. The Bertz CT molecular complexity index is 565. The van der Waals surface area contributed by atoms with E-state index in [1.807, 2.05) is 24.5 Å². The molecule has 0 aliphatic rings. The van der Waals surface area contributed by atoms with Gasteiger partial charge in [0.25, 0.3) is 5.56 Å². The number of hydrogen-bond donors (Lipinski definition) is 1. The zero-order valence-corrected chi connectivity index (χ0v) is 11.4. The van der Waals surface area contributed by atoms with Crippen molar-refractivity contribution < 1.29 is 4.74 Å². The summed E-state index contributed by atoms with van der Waals surface area (Å²) in [4.78, 5) is 12.0. The van der Waals surface area contributed by atoms with Gasteiger partial charge in [-0.3, -0.25) is 14.9 Å². The summed E-state index contributed by atoms with van der Waals surface area (Å²) in [5.41, 5.74) is 3.46. The van der Waals surface area contributed by atoms with Gasteiger partial charge in [0.05, 0.1) is 25.0 Å². The number of nitrogens with zero attached hydrogens (tertiary/aromatic N) is 3. The topological polar surface area (TPSA) is 61.1 Å². The van der Waals surface area contributed by atoms with E-state index < -0.39 is 0 Å². The van der Waals surface area contributed by atoms with Gasteiger partial charge in [-0.2, -0.15) is 5.10 Å². The zero-order valence-electron chi connectivity index (χ0n) is 9.84. The molecule has 0 amide bonds. The fraction of sp³-hybridized carbons (Fsp3) is 0.273. The molecule has 2 heterocycles. The monoisotopic (exact) mass is 312 g/mol. The van der Waals surface area contributed by atoms with E-state index in [1.54, 1.807) is 18.0 Å². The Hall–Kier alpha value is -1.60. The van der Waals surface area contributed by atoms with Crippen LogP contribution in [0.15, 0.2) is 40.0 Å². The Balaban J connectivity index is 2.23. The lowest BCUT2D eigenvalue weighted by atomic mass is 10.5. The van der Waals surface area contributed by atoms with Crippen molar-refractivity contribution in [3.63, 3.8) is 0 Å². The number of halogens is 1. The first kappa shape index (κ1) is 12.8. The summed E-state index contributed by atoms with van der Waals surface area (Å²) in [6.45, 7) is 0.876. The average Bonchev–Trinajstić information content (AvgIpc) is 2.87. The number of anilines is 1. The Morgan fingerprint density at radius 2 is 2.17 bits per heavy atom. The van der Waals surface area contributed by atoms with Crippen LogP contribution in [-0.4, -0.2) is 28.2 Å². The van der Waals surface area contributed by atoms with E-state index >= 15 is 0 Å². The molecule has 0 bridgehead atoms. The van der Waals surface area contributed by atoms with Gasteiger partial charge < -0.3 is 4.74 Å². The summed E-state index contributed by atoms with van der Waals surface area (Å²) in [6, 6.07) is 3.77. The number of hydrogen-bond acceptors (Lipinski definition) is 4. The lowest BCUT2D eigenvalue weighted by Gasteiger charge is -2.10. The number of rotatable bonds is 5. The summed E-state index contributed by atoms with van der Waals surface area (Å²) < 4.78 is 8.46. The van der Waals surface area contributed by atoms with E-state index in [1.165, 1.54) is 4.68 Å². The van der Waals surface area contributed by atoms with Crippen LogP contribution in [-0.2, 0) is 11.3 Å². The third kappa shape index (κ3) is 2.80. The molecule has 2 rings (SSSR count). The fourth-order valence-corrected chi connectivity index (χ4v) is 1.82. The molecule has 0 spiro atoms. The molecule has 0 saturated carbocycles. The molecule has 7 heteroatoms. The highest BCUT2D eigenvalue weighted by molar-refractivity contribution is 9.10. The van der Waals surface area contributed by atoms with E-state index in [-0.39, 0.29) is 5.56 Å². The molecule has 0 fully saturated rings. The molecule has 1 N–H and O–H groups in total. The van der Waals surface area contributed by atoms with Gasteiger partial charge in [0.15, 0.2) is 0 Å². The Kier molecular flexibility index (Phi) is 4.16. The lowest BCUT2D eigenvalue weighted by molar-refractivity contribution is 0.181. The predicted molar refractivity (Wildman–Crippen MR) is 71.5 cm³/mol. The summed E-state index contributed by atoms with van der Waals surface area (Å²) >= 11 is 3.28. The molecule has 96 valence electrons. The summed E-state index contributed by atoms with van der Waals surface area (Å²) in [5, 5.41) is 4.08. The summed E-state index contributed by atoms with van der Waals surface area (Å²) in [7, 11) is 1.59. The first-order valence-electron chi connectivity index (χ1n) is 5.37. The van der Waals surface area contributed by atoms with E-state index in [0.29, 0.717) is 23.3 Å². The van der Waals surface area contributed by atoms with Gasteiger partial charge in [-0.15, -0.1) is 0 Å². The van der Waals surface area contributed by atoms with Crippen molar-refractivity contribution in [2.24, 2.45) is 0 Å². The molecule has 0 aliphatic carbocycles. The van der Waals surface area contributed by atoms with Gasteiger partial charge in [-0.1, -0.05) is 0 Å². The normalized spacial score (nSPS) is 10.6. The minimum Gasteiger partial charge on any atom is -0.383 e. The molecule has 0 unspecified atom stereocenters. The largest absolute Gasteiger partial charge is 0.383 e. The second kappa shape index (κ2) is 5.83. The molecule has 18 heavy (non-hydrogen) atoms. The lowest BCUT2D eigenvalue weighted by Crippen LogP contribution is -2.26. The van der Waals surface area contributed by atoms with Crippen molar-refractivity contribution in [2.75, 3.05) is 19.1 Å². The van der Waals surface area contributed by atoms with Crippen LogP contribution in [0, 0.1) is 0 Å². The quantitative estimate of drug-likeness (QED) is 0.905. The number of methoxy groups -OCH3 is 1. The molecule has 0 atom stereocenters. The van der Waals surface area contributed by atoms with Crippen LogP contribution < -0.4 is 11.0 Å². The highest BCUT2D eigenvalue weighted by Crippen LogP contribution is 2.16. The van der Waals surface area contributed by atoms with Crippen LogP contribution >= 0.6 is 15.9 Å². The van der Waals surface area contributed by atoms with E-state index in [0.717, 1.165) is 0 Å². The molecular formula is C11H13BrN4O2. The van der Waals surface area contributed by atoms with Gasteiger partial charge in [0.2, 0.25) is 0 Å². The first-order valence-corrected chi connectivity index (χ1v) is 6.16. The maximum atomic E-state index is 12.0. The molecule has 0 saturated heterocycles. The van der Waals surface area contributed by atoms with Crippen LogP contribution in [0.1, 0.15) is 0 Å². The van der Waals surface area contributed by atoms with Crippen molar-refractivity contribution in [1.29, 1.82) is 0 Å². The van der Waals surface area contributed by atoms with Gasteiger partial charge >= 0.3 is 0 Å². The maximum Gasteiger partial charge on any atom is 0.283 e. The van der Waals surface area contributed by atoms with E-state index in [2.05, 4.69) is 26.5 Å². The van der Waals surface area contributed by atoms with Crippen molar-refractivity contribution in [3.8, 4) is 0 Å². The van der Waals surface area contributed by atoms with Crippen LogP contribution in [0.2, 0.25) is 0 Å². The Labute approximate surface area is 112 Å². The Morgan fingerprint density at radius 1 is 1.44 bits per heavy atom. The van der Waals surface area contributed by atoms with Gasteiger partial charge in [0, 0.05) is 19.5 Å². The van der Waals surface area contributed by atoms with Crippen molar-refractivity contribution in [3.05, 3.63) is 45.5 Å². The minimum absolute atomic E-state index is 0.191. The van der Waals surface area contributed by atoms with Gasteiger partial charge in [-0.05, 0) is 28.1 Å². The second-order valence-electron chi connectivity index (χ2n) is 3.60. The van der Waals surface area contributed by atoms with E-state index in [4.69, 9.17) is 4.74 Å². The Morgan fingerprint density at radius 3 is 2.83 bits per heavy atom. The van der Waals surface area contributed by atoms with Crippen LogP contribution in [0.25, 0.3) is 0 Å². The van der Waals surface area contributed by atoms with E-state index in [9.17, 15) is 4.79 Å². The highest BCUT2D eigenvalue weighted by Gasteiger charge is 2.08. The molecule has 6 nitrogen and oxygen atoms in total. The van der Waals surface area contributed by atoms with Crippen LogP contribution in [0.4, 0.5) is 5.69 Å². The molecule has 0 aliphatic heterocycles. The van der Waals surface area contributed by atoms with Crippen LogP contribution in [0.5, 0.6) is 0 Å². The average molecular weight is 313 g/mol. The fourth-order valence-electron chi connectivity index (χ4n) is 1.43. The predicted octanol–water partition coefficient (Wildman–Crippen LogP) is 1.33. The third-order valence-corrected chi connectivity index (χ3v) is 3.11. The van der Waals surface area contributed by atoms with Crippen molar-refractivity contribution >= 4 is 21.6 Å². The standard InChI is InChI=1S/C11H13BrN4O2/c1-18-7-6-16-11(17)10(12)9(8-13-16)14-15-4-2-3-5-15/h2-5,8,14H,6-7H2,1H3. The molecule has 2 aromatic heterocycles. The van der Waals surface area contributed by atoms with Gasteiger partial charge in [0.1, 0.15) is 4.47 Å². The highest BCUT2D eigenvalue weighted by atomic mass is 79.9. The number of ether oxygens (including phenoxy) is 1. The SMILES string of the molecule is COCCn1ncc(Nn2cccc2)c(Br)c1=O. The molecule has 2 aromatic rings. The maximum absolute atomic E-state index is 12.0. The van der Waals surface area contributed by atoms with Gasteiger partial charge in [-0.25, -0.2) is 4.68 Å². The molecular weight excluding hydrogens is 300 g/mol. The van der Waals surface area contributed by atoms with Crippen molar-refractivity contribution in [1.82, 2.24) is 14.5 Å². The van der Waals surface area contributed by atoms with Crippen molar-refractivity contribution in [2.45, 2.75) is 6.54 Å². The second-order valence-corrected chi connectivity index (χ2v) is 4.39. The third-order valence-electron chi connectivity index (χ3n) is 2.35. The summed E-state index contributed by atoms with van der Waals surface area (Å²) in [5.74, 6) is 0. The molecule has 0 radical (unpaired) electrons. The van der Waals surface area contributed by atoms with Crippen LogP contribution in [0.3, 0.4) is 0 Å². The smallest absolute Gasteiger partial charge is 0.283 e.